The van der Waals surface area contributed by atoms with Crippen LogP contribution in [0.15, 0.2) is 0 Å². The molecule has 2 aliphatic heterocycles. The van der Waals surface area contributed by atoms with Gasteiger partial charge in [-0.2, -0.15) is 0 Å². The van der Waals surface area contributed by atoms with Gasteiger partial charge in [-0.15, -0.1) is 0 Å². The van der Waals surface area contributed by atoms with Crippen LogP contribution in [0.25, 0.3) is 0 Å². The molecule has 2 atom stereocenters. The number of carbonyl (C=O) groups excluding carboxylic acids is 1. The van der Waals surface area contributed by atoms with Crippen LogP contribution in [-0.2, 0) is 4.79 Å². The molecule has 15 heavy (non-hydrogen) atoms. The van der Waals surface area contributed by atoms with Gasteiger partial charge in [0.15, 0.2) is 0 Å². The number of rotatable bonds is 3. The fourth-order valence-electron chi connectivity index (χ4n) is 2.67. The zero-order valence-corrected chi connectivity index (χ0v) is 9.67. The second kappa shape index (κ2) is 4.97. The van der Waals surface area contributed by atoms with Gasteiger partial charge in [0.1, 0.15) is 0 Å². The first-order chi connectivity index (χ1) is 7.25. The third-order valence-electron chi connectivity index (χ3n) is 3.57. The topological polar surface area (TPSA) is 32.3 Å². The van der Waals surface area contributed by atoms with Crippen molar-refractivity contribution in [3.8, 4) is 0 Å². The molecule has 0 aliphatic carbocycles. The molecule has 3 nitrogen and oxygen atoms in total. The van der Waals surface area contributed by atoms with Crippen LogP contribution in [0.1, 0.15) is 39.0 Å². The summed E-state index contributed by atoms with van der Waals surface area (Å²) in [4.78, 5) is 13.6. The molecular formula is C12H22N2O. The fraction of sp³-hybridized carbons (Fsp3) is 0.917. The molecule has 0 saturated carbocycles. The van der Waals surface area contributed by atoms with Crippen molar-refractivity contribution >= 4 is 5.91 Å². The lowest BCUT2D eigenvalue weighted by molar-refractivity contribution is -0.127. The molecule has 2 heterocycles. The summed E-state index contributed by atoms with van der Waals surface area (Å²) in [6, 6.07) is 0.655. The summed E-state index contributed by atoms with van der Waals surface area (Å²) in [5.74, 6) is 0.926. The zero-order chi connectivity index (χ0) is 10.7. The number of hydrogen-bond acceptors (Lipinski definition) is 2. The van der Waals surface area contributed by atoms with E-state index in [1.807, 2.05) is 4.90 Å². The van der Waals surface area contributed by atoms with Crippen LogP contribution in [0.5, 0.6) is 0 Å². The van der Waals surface area contributed by atoms with Crippen LogP contribution in [-0.4, -0.2) is 36.5 Å². The van der Waals surface area contributed by atoms with Gasteiger partial charge < -0.3 is 10.2 Å². The summed E-state index contributed by atoms with van der Waals surface area (Å²) >= 11 is 0. The Kier molecular flexibility index (Phi) is 3.62. The van der Waals surface area contributed by atoms with Crippen molar-refractivity contribution in [3.63, 3.8) is 0 Å². The maximum Gasteiger partial charge on any atom is 0.222 e. The van der Waals surface area contributed by atoms with E-state index in [1.54, 1.807) is 0 Å². The minimum atomic E-state index is 0.360. The monoisotopic (exact) mass is 210 g/mol. The third-order valence-corrected chi connectivity index (χ3v) is 3.57. The normalized spacial score (nSPS) is 32.3. The second-order valence-corrected chi connectivity index (χ2v) is 5.08. The number of piperidine rings is 1. The predicted octanol–water partition coefficient (Wildman–Crippen LogP) is 1.39. The number of amides is 1. The van der Waals surface area contributed by atoms with Crippen molar-refractivity contribution in [3.05, 3.63) is 0 Å². The highest BCUT2D eigenvalue weighted by Gasteiger charge is 2.26. The number of carbonyl (C=O) groups is 1. The number of nitrogens with one attached hydrogen (secondary N) is 1. The molecule has 2 aliphatic rings. The Morgan fingerprint density at radius 2 is 2.33 bits per heavy atom. The number of hydrogen-bond donors (Lipinski definition) is 1. The lowest BCUT2D eigenvalue weighted by Gasteiger charge is -2.25. The average Bonchev–Trinajstić information content (AvgIpc) is 2.56. The van der Waals surface area contributed by atoms with E-state index in [-0.39, 0.29) is 0 Å². The maximum atomic E-state index is 11.6. The molecule has 2 unspecified atom stereocenters. The Bertz CT molecular complexity index is 224. The van der Waals surface area contributed by atoms with E-state index in [9.17, 15) is 4.79 Å². The number of nitrogens with zero attached hydrogens (tertiary/aromatic N) is 1. The number of likely N-dealkylation sites (tertiary alicyclic amines) is 1. The minimum absolute atomic E-state index is 0.360. The van der Waals surface area contributed by atoms with Gasteiger partial charge in [-0.05, 0) is 31.7 Å². The fourth-order valence-corrected chi connectivity index (χ4v) is 2.67. The molecule has 0 radical (unpaired) electrons. The molecule has 2 rings (SSSR count). The second-order valence-electron chi connectivity index (χ2n) is 5.08. The highest BCUT2D eigenvalue weighted by Crippen LogP contribution is 2.18. The van der Waals surface area contributed by atoms with Crippen LogP contribution < -0.4 is 5.32 Å². The van der Waals surface area contributed by atoms with Crippen LogP contribution in [0.2, 0.25) is 0 Å². The van der Waals surface area contributed by atoms with Crippen LogP contribution in [0.4, 0.5) is 0 Å². The summed E-state index contributed by atoms with van der Waals surface area (Å²) in [5, 5.41) is 3.53. The maximum absolute atomic E-state index is 11.6. The molecule has 0 aromatic rings. The van der Waals surface area contributed by atoms with Gasteiger partial charge in [0.05, 0.1) is 0 Å². The Morgan fingerprint density at radius 1 is 1.47 bits per heavy atom. The summed E-state index contributed by atoms with van der Waals surface area (Å²) in [7, 11) is 0. The molecule has 0 spiro atoms. The molecule has 1 amide bonds. The molecule has 2 fully saturated rings. The van der Waals surface area contributed by atoms with E-state index >= 15 is 0 Å². The summed E-state index contributed by atoms with van der Waals surface area (Å²) in [6.45, 7) is 5.26. The lowest BCUT2D eigenvalue weighted by Crippen LogP contribution is -2.37. The molecule has 1 N–H and O–H groups in total. The molecule has 2 saturated heterocycles. The van der Waals surface area contributed by atoms with Gasteiger partial charge in [-0.1, -0.05) is 13.3 Å². The Balaban J connectivity index is 1.70. The first kappa shape index (κ1) is 10.9. The van der Waals surface area contributed by atoms with Crippen molar-refractivity contribution < 1.29 is 4.79 Å². The zero-order valence-electron chi connectivity index (χ0n) is 9.67. The smallest absolute Gasteiger partial charge is 0.222 e. The SMILES string of the molecule is CC1CC(=O)N(CCC2CCCCN2)C1. The van der Waals surface area contributed by atoms with Gasteiger partial charge in [0.25, 0.3) is 0 Å². The first-order valence-electron chi connectivity index (χ1n) is 6.27. The molecule has 0 bridgehead atoms. The van der Waals surface area contributed by atoms with Gasteiger partial charge >= 0.3 is 0 Å². The molecule has 0 aromatic heterocycles. The van der Waals surface area contributed by atoms with Crippen molar-refractivity contribution in [1.82, 2.24) is 10.2 Å². The Labute approximate surface area is 92.2 Å². The van der Waals surface area contributed by atoms with Gasteiger partial charge in [0, 0.05) is 25.6 Å². The van der Waals surface area contributed by atoms with Gasteiger partial charge in [-0.25, -0.2) is 0 Å². The summed E-state index contributed by atoms with van der Waals surface area (Å²) in [6.07, 6.45) is 5.85. The first-order valence-corrected chi connectivity index (χ1v) is 6.27. The van der Waals surface area contributed by atoms with E-state index in [0.717, 1.165) is 32.5 Å². The Morgan fingerprint density at radius 3 is 2.93 bits per heavy atom. The van der Waals surface area contributed by atoms with E-state index in [1.165, 1.54) is 19.3 Å². The molecule has 3 heteroatoms. The van der Waals surface area contributed by atoms with Crippen LogP contribution >= 0.6 is 0 Å². The molecular weight excluding hydrogens is 188 g/mol. The lowest BCUT2D eigenvalue weighted by atomic mass is 10.0. The van der Waals surface area contributed by atoms with Crippen LogP contribution in [0.3, 0.4) is 0 Å². The molecule has 86 valence electrons. The van der Waals surface area contributed by atoms with Crippen molar-refractivity contribution in [2.75, 3.05) is 19.6 Å². The highest BCUT2D eigenvalue weighted by atomic mass is 16.2. The largest absolute Gasteiger partial charge is 0.342 e. The highest BCUT2D eigenvalue weighted by molar-refractivity contribution is 5.78. The van der Waals surface area contributed by atoms with E-state index in [4.69, 9.17) is 0 Å². The van der Waals surface area contributed by atoms with Gasteiger partial charge in [-0.3, -0.25) is 4.79 Å². The van der Waals surface area contributed by atoms with Crippen molar-refractivity contribution in [2.45, 2.75) is 45.1 Å². The van der Waals surface area contributed by atoms with Crippen molar-refractivity contribution in [2.24, 2.45) is 5.92 Å². The third kappa shape index (κ3) is 2.94. The quantitative estimate of drug-likeness (QED) is 0.763. The summed E-state index contributed by atoms with van der Waals surface area (Å²) in [5.41, 5.74) is 0. The van der Waals surface area contributed by atoms with E-state index < -0.39 is 0 Å². The standard InChI is InChI=1S/C12H22N2O/c1-10-8-12(15)14(9-10)7-5-11-4-2-3-6-13-11/h10-11,13H,2-9H2,1H3. The Hall–Kier alpha value is -0.570. The van der Waals surface area contributed by atoms with Gasteiger partial charge in [0.2, 0.25) is 5.91 Å². The van der Waals surface area contributed by atoms with Crippen LogP contribution in [0, 0.1) is 5.92 Å². The molecule has 0 aromatic carbocycles. The predicted molar refractivity (Wildman–Crippen MR) is 60.6 cm³/mol. The average molecular weight is 210 g/mol. The van der Waals surface area contributed by atoms with E-state index in [2.05, 4.69) is 12.2 Å². The van der Waals surface area contributed by atoms with E-state index in [0.29, 0.717) is 17.9 Å². The van der Waals surface area contributed by atoms with Crippen molar-refractivity contribution in [1.29, 1.82) is 0 Å². The summed E-state index contributed by atoms with van der Waals surface area (Å²) < 4.78 is 0. The minimum Gasteiger partial charge on any atom is -0.342 e.